The second-order valence-electron chi connectivity index (χ2n) is 4.29. The Hall–Kier alpha value is -1.33. The van der Waals surface area contributed by atoms with E-state index in [1.54, 1.807) is 11.3 Å². The van der Waals surface area contributed by atoms with Crippen molar-refractivity contribution in [1.29, 1.82) is 0 Å². The Morgan fingerprint density at radius 3 is 2.78 bits per heavy atom. The van der Waals surface area contributed by atoms with Gasteiger partial charge in [0.25, 0.3) is 0 Å². The molecule has 0 fully saturated rings. The smallest absolute Gasteiger partial charge is 0.142 e. The summed E-state index contributed by atoms with van der Waals surface area (Å²) in [5.41, 5.74) is 9.09. The summed E-state index contributed by atoms with van der Waals surface area (Å²) < 4.78 is 2.94. The van der Waals surface area contributed by atoms with Crippen LogP contribution in [0, 0.1) is 13.8 Å². The molecule has 0 aliphatic heterocycles. The van der Waals surface area contributed by atoms with Gasteiger partial charge in [0.05, 0.1) is 4.88 Å². The number of anilines is 1. The normalized spacial score (nSPS) is 11.3. The van der Waals surface area contributed by atoms with E-state index in [1.807, 2.05) is 23.6 Å². The molecule has 0 unspecified atom stereocenters. The summed E-state index contributed by atoms with van der Waals surface area (Å²) in [7, 11) is 0. The van der Waals surface area contributed by atoms with Gasteiger partial charge in [-0.2, -0.15) is 0 Å². The van der Waals surface area contributed by atoms with E-state index in [9.17, 15) is 0 Å². The molecule has 5 heteroatoms. The highest BCUT2D eigenvalue weighted by atomic mass is 79.9. The minimum absolute atomic E-state index is 0.691. The SMILES string of the molecule is Cc1ccc(-c2nc3c(C)cc(Br)cn3c2N)s1. The molecule has 3 heterocycles. The lowest BCUT2D eigenvalue weighted by Crippen LogP contribution is -1.94. The zero-order valence-electron chi connectivity index (χ0n) is 10.1. The fraction of sp³-hybridized carbons (Fsp3) is 0.154. The quantitative estimate of drug-likeness (QED) is 0.735. The standard InChI is InChI=1S/C13H12BrN3S/c1-7-5-9(14)6-17-12(15)11(16-13(7)17)10-4-3-8(2)18-10/h3-6H,15H2,1-2H3. The topological polar surface area (TPSA) is 43.3 Å². The summed E-state index contributed by atoms with van der Waals surface area (Å²) in [6.45, 7) is 4.12. The van der Waals surface area contributed by atoms with E-state index in [-0.39, 0.29) is 0 Å². The maximum atomic E-state index is 6.20. The molecule has 0 bridgehead atoms. The molecule has 3 aromatic rings. The number of aryl methyl sites for hydroxylation is 2. The molecular formula is C13H12BrN3S. The van der Waals surface area contributed by atoms with Gasteiger partial charge in [0.1, 0.15) is 17.2 Å². The lowest BCUT2D eigenvalue weighted by atomic mass is 10.3. The van der Waals surface area contributed by atoms with Crippen LogP contribution in [0.25, 0.3) is 16.2 Å². The average Bonchev–Trinajstić information content (AvgIpc) is 2.85. The van der Waals surface area contributed by atoms with Crippen LogP contribution in [0.5, 0.6) is 0 Å². The first-order chi connectivity index (χ1) is 8.56. The molecule has 0 atom stereocenters. The van der Waals surface area contributed by atoms with Gasteiger partial charge in [-0.25, -0.2) is 4.98 Å². The van der Waals surface area contributed by atoms with Gasteiger partial charge >= 0.3 is 0 Å². The molecule has 18 heavy (non-hydrogen) atoms. The predicted molar refractivity (Wildman–Crippen MR) is 80.1 cm³/mol. The molecule has 2 N–H and O–H groups in total. The van der Waals surface area contributed by atoms with Crippen molar-refractivity contribution in [2.24, 2.45) is 0 Å². The highest BCUT2D eigenvalue weighted by Gasteiger charge is 2.14. The Morgan fingerprint density at radius 1 is 1.33 bits per heavy atom. The maximum Gasteiger partial charge on any atom is 0.142 e. The Bertz CT molecular complexity index is 742. The van der Waals surface area contributed by atoms with Gasteiger partial charge < -0.3 is 5.73 Å². The van der Waals surface area contributed by atoms with Gasteiger partial charge in [-0.3, -0.25) is 4.40 Å². The molecule has 0 spiro atoms. The minimum atomic E-state index is 0.691. The highest BCUT2D eigenvalue weighted by molar-refractivity contribution is 9.10. The van der Waals surface area contributed by atoms with Gasteiger partial charge in [0.15, 0.2) is 0 Å². The second kappa shape index (κ2) is 4.10. The van der Waals surface area contributed by atoms with Crippen LogP contribution < -0.4 is 5.73 Å². The fourth-order valence-corrected chi connectivity index (χ4v) is 3.44. The highest BCUT2D eigenvalue weighted by Crippen LogP contribution is 2.33. The lowest BCUT2D eigenvalue weighted by molar-refractivity contribution is 1.16. The van der Waals surface area contributed by atoms with Crippen LogP contribution >= 0.6 is 27.3 Å². The number of pyridine rings is 1. The zero-order chi connectivity index (χ0) is 12.9. The average molecular weight is 322 g/mol. The lowest BCUT2D eigenvalue weighted by Gasteiger charge is -2.00. The third-order valence-electron chi connectivity index (χ3n) is 2.88. The molecule has 0 aliphatic rings. The Balaban J connectivity index is 2.32. The van der Waals surface area contributed by atoms with Crippen molar-refractivity contribution < 1.29 is 0 Å². The molecule has 3 nitrogen and oxygen atoms in total. The molecule has 0 amide bonds. The van der Waals surface area contributed by atoms with E-state index < -0.39 is 0 Å². The molecule has 3 aromatic heterocycles. The number of fused-ring (bicyclic) bond motifs is 1. The molecule has 92 valence electrons. The second-order valence-corrected chi connectivity index (χ2v) is 6.49. The molecule has 0 saturated carbocycles. The number of hydrogen-bond acceptors (Lipinski definition) is 3. The van der Waals surface area contributed by atoms with Crippen molar-refractivity contribution in [3.8, 4) is 10.6 Å². The summed E-state index contributed by atoms with van der Waals surface area (Å²) in [4.78, 5) is 7.04. The number of nitrogens with zero attached hydrogens (tertiary/aromatic N) is 2. The number of nitrogens with two attached hydrogens (primary N) is 1. The van der Waals surface area contributed by atoms with Gasteiger partial charge in [-0.15, -0.1) is 11.3 Å². The largest absolute Gasteiger partial charge is 0.383 e. The first-order valence-corrected chi connectivity index (χ1v) is 7.17. The maximum absolute atomic E-state index is 6.20. The summed E-state index contributed by atoms with van der Waals surface area (Å²) in [5, 5.41) is 0. The van der Waals surface area contributed by atoms with Crippen LogP contribution in [0.4, 0.5) is 5.82 Å². The minimum Gasteiger partial charge on any atom is -0.383 e. The van der Waals surface area contributed by atoms with E-state index in [4.69, 9.17) is 5.73 Å². The number of nitrogen functional groups attached to an aromatic ring is 1. The monoisotopic (exact) mass is 321 g/mol. The van der Waals surface area contributed by atoms with Crippen molar-refractivity contribution in [3.05, 3.63) is 39.3 Å². The van der Waals surface area contributed by atoms with Crippen LogP contribution in [0.3, 0.4) is 0 Å². The van der Waals surface area contributed by atoms with Gasteiger partial charge in [0, 0.05) is 15.5 Å². The van der Waals surface area contributed by atoms with Gasteiger partial charge in [-0.1, -0.05) is 0 Å². The van der Waals surface area contributed by atoms with E-state index in [0.29, 0.717) is 5.82 Å². The van der Waals surface area contributed by atoms with Crippen LogP contribution in [-0.4, -0.2) is 9.38 Å². The third kappa shape index (κ3) is 1.74. The van der Waals surface area contributed by atoms with E-state index >= 15 is 0 Å². The summed E-state index contributed by atoms with van der Waals surface area (Å²) in [5.74, 6) is 0.691. The van der Waals surface area contributed by atoms with Crippen molar-refractivity contribution in [3.63, 3.8) is 0 Å². The number of rotatable bonds is 1. The number of hydrogen-bond donors (Lipinski definition) is 1. The molecule has 0 aromatic carbocycles. The van der Waals surface area contributed by atoms with Gasteiger partial charge in [0.2, 0.25) is 0 Å². The number of thiophene rings is 1. The molecular weight excluding hydrogens is 310 g/mol. The van der Waals surface area contributed by atoms with Crippen LogP contribution in [0.15, 0.2) is 28.9 Å². The van der Waals surface area contributed by atoms with Crippen LogP contribution in [0.1, 0.15) is 10.4 Å². The fourth-order valence-electron chi connectivity index (χ4n) is 2.03. The Morgan fingerprint density at radius 2 is 2.11 bits per heavy atom. The molecule has 0 radical (unpaired) electrons. The zero-order valence-corrected chi connectivity index (χ0v) is 12.5. The Kier molecular flexibility index (Phi) is 2.68. The summed E-state index contributed by atoms with van der Waals surface area (Å²) in [6.07, 6.45) is 1.95. The van der Waals surface area contributed by atoms with Crippen molar-refractivity contribution >= 4 is 38.7 Å². The third-order valence-corrected chi connectivity index (χ3v) is 4.32. The molecule has 3 rings (SSSR count). The molecule has 0 saturated heterocycles. The first-order valence-electron chi connectivity index (χ1n) is 5.57. The summed E-state index contributed by atoms with van der Waals surface area (Å²) >= 11 is 5.20. The molecule has 0 aliphatic carbocycles. The van der Waals surface area contributed by atoms with E-state index in [1.165, 1.54) is 4.88 Å². The van der Waals surface area contributed by atoms with E-state index in [0.717, 1.165) is 26.3 Å². The Labute approximate surface area is 117 Å². The van der Waals surface area contributed by atoms with Gasteiger partial charge in [-0.05, 0) is 53.5 Å². The van der Waals surface area contributed by atoms with E-state index in [2.05, 4.69) is 40.0 Å². The van der Waals surface area contributed by atoms with Crippen molar-refractivity contribution in [2.75, 3.05) is 5.73 Å². The van der Waals surface area contributed by atoms with Crippen LogP contribution in [0.2, 0.25) is 0 Å². The predicted octanol–water partition coefficient (Wildman–Crippen LogP) is 4.02. The van der Waals surface area contributed by atoms with Crippen LogP contribution in [-0.2, 0) is 0 Å². The first kappa shape index (κ1) is 11.7. The number of aromatic nitrogens is 2. The van der Waals surface area contributed by atoms with Crippen molar-refractivity contribution in [1.82, 2.24) is 9.38 Å². The number of halogens is 1. The number of imidazole rings is 1. The summed E-state index contributed by atoms with van der Waals surface area (Å²) in [6, 6.07) is 6.21. The van der Waals surface area contributed by atoms with Crippen molar-refractivity contribution in [2.45, 2.75) is 13.8 Å².